The largest absolute Gasteiger partial charge is 0.361 e. The average Bonchev–Trinajstić information content (AvgIpc) is 3.47. The maximum absolute atomic E-state index is 14.5. The predicted octanol–water partition coefficient (Wildman–Crippen LogP) is 6.31. The second-order valence-corrected chi connectivity index (χ2v) is 13.8. The first-order chi connectivity index (χ1) is 21.7. The van der Waals surface area contributed by atoms with Gasteiger partial charge in [-0.05, 0) is 41.5 Å². The number of H-pyrrole nitrogens is 1. The lowest BCUT2D eigenvalue weighted by molar-refractivity contribution is -0.130. The van der Waals surface area contributed by atoms with E-state index in [2.05, 4.69) is 20.9 Å². The van der Waals surface area contributed by atoms with Crippen LogP contribution >= 0.6 is 7.60 Å². The number of hydrogen-bond acceptors (Lipinski definition) is 6. The Labute approximate surface area is 266 Å². The number of rotatable bonds is 17. The molecule has 4 rings (SSSR count). The van der Waals surface area contributed by atoms with Gasteiger partial charge in [0.1, 0.15) is 11.8 Å². The Kier molecular flexibility index (Phi) is 12.5. The summed E-state index contributed by atoms with van der Waals surface area (Å²) >= 11 is 0. The Morgan fingerprint density at radius 3 is 1.96 bits per heavy atom. The first kappa shape index (κ1) is 34.1. The number of fused-ring (bicyclic) bond motifs is 1. The Hall–Kier alpha value is -3.75. The van der Waals surface area contributed by atoms with Crippen LogP contribution < -0.4 is 16.0 Å². The van der Waals surface area contributed by atoms with Crippen LogP contribution in [-0.2, 0) is 42.8 Å². The molecule has 4 N–H and O–H groups in total. The molecule has 0 spiro atoms. The zero-order valence-corrected chi connectivity index (χ0v) is 27.4. The highest BCUT2D eigenvalue weighted by atomic mass is 31.2. The predicted molar refractivity (Wildman–Crippen MR) is 179 cm³/mol. The second kappa shape index (κ2) is 16.5. The van der Waals surface area contributed by atoms with Crippen LogP contribution in [0.3, 0.4) is 0 Å². The van der Waals surface area contributed by atoms with E-state index in [1.54, 1.807) is 7.05 Å². The molecule has 0 saturated carbocycles. The minimum absolute atomic E-state index is 0.0928. The zero-order valence-electron chi connectivity index (χ0n) is 26.5. The van der Waals surface area contributed by atoms with Gasteiger partial charge in [0.25, 0.3) is 0 Å². The van der Waals surface area contributed by atoms with Gasteiger partial charge in [0.15, 0.2) is 0 Å². The van der Waals surface area contributed by atoms with Gasteiger partial charge in [-0.1, -0.05) is 99.6 Å². The SMILES string of the molecule is CC[C@H](N[C@@H](CC(C)C)C(=O)N[C@@H](Cc1c[nH]c2ccccc12)C(=O)NC)P(=O)(OCc1ccccc1)OCc1ccccc1. The minimum Gasteiger partial charge on any atom is -0.361 e. The summed E-state index contributed by atoms with van der Waals surface area (Å²) in [7, 11) is -2.25. The molecule has 4 aromatic rings. The second-order valence-electron chi connectivity index (χ2n) is 11.6. The van der Waals surface area contributed by atoms with E-state index < -0.39 is 25.5 Å². The lowest BCUT2D eigenvalue weighted by Crippen LogP contribution is -2.55. The van der Waals surface area contributed by atoms with Gasteiger partial charge in [-0.25, -0.2) is 0 Å². The monoisotopic (exact) mass is 632 g/mol. The molecule has 10 heteroatoms. The molecule has 3 atom stereocenters. The molecule has 3 aromatic carbocycles. The molecule has 1 aromatic heterocycles. The van der Waals surface area contributed by atoms with Crippen LogP contribution in [0.2, 0.25) is 0 Å². The van der Waals surface area contributed by atoms with Crippen molar-refractivity contribution >= 4 is 30.3 Å². The number of aromatic nitrogens is 1. The highest BCUT2D eigenvalue weighted by Crippen LogP contribution is 2.54. The van der Waals surface area contributed by atoms with E-state index in [9.17, 15) is 14.2 Å². The summed E-state index contributed by atoms with van der Waals surface area (Å²) in [6, 6.07) is 25.3. The molecular formula is C35H45N4O5P. The number of hydrogen-bond donors (Lipinski definition) is 4. The molecule has 45 heavy (non-hydrogen) atoms. The number of nitrogens with one attached hydrogen (secondary N) is 4. The van der Waals surface area contributed by atoms with Gasteiger partial charge in [-0.2, -0.15) is 0 Å². The molecule has 0 unspecified atom stereocenters. The topological polar surface area (TPSA) is 122 Å². The van der Waals surface area contributed by atoms with Gasteiger partial charge in [-0.3, -0.25) is 19.5 Å². The molecule has 0 bridgehead atoms. The summed E-state index contributed by atoms with van der Waals surface area (Å²) < 4.78 is 26.7. The lowest BCUT2D eigenvalue weighted by atomic mass is 10.0. The number of likely N-dealkylation sites (N-methyl/N-ethyl adjacent to an activating group) is 1. The van der Waals surface area contributed by atoms with Gasteiger partial charge in [-0.15, -0.1) is 0 Å². The van der Waals surface area contributed by atoms with Crippen LogP contribution in [0.5, 0.6) is 0 Å². The summed E-state index contributed by atoms with van der Waals surface area (Å²) in [5.41, 5.74) is 3.60. The van der Waals surface area contributed by atoms with Crippen molar-refractivity contribution in [2.75, 3.05) is 7.05 Å². The third-order valence-corrected chi connectivity index (χ3v) is 9.93. The standard InChI is InChI=1S/C35H45N4O5P/c1-5-33(45(42,43-23-26-14-8-6-9-15-26)44-24-27-16-10-7-11-17-27)38-31(20-25(2)3)35(41)39-32(34(40)36-4)21-28-22-37-30-19-13-12-18-29(28)30/h6-19,22,25,31-33,37-38H,5,20-21,23-24H2,1-4H3,(H,36,40)(H,39,41)/t31-,32-,33+/m0/s1. The number of carbonyl (C=O) groups excluding carboxylic acids is 2. The molecule has 0 fully saturated rings. The molecular weight excluding hydrogens is 587 g/mol. The van der Waals surface area contributed by atoms with Gasteiger partial charge in [0.05, 0.1) is 19.3 Å². The van der Waals surface area contributed by atoms with E-state index in [4.69, 9.17) is 9.05 Å². The number of para-hydroxylation sites is 1. The first-order valence-electron chi connectivity index (χ1n) is 15.5. The van der Waals surface area contributed by atoms with Crippen LogP contribution in [0.4, 0.5) is 0 Å². The molecule has 0 aliphatic carbocycles. The van der Waals surface area contributed by atoms with Gasteiger partial charge < -0.3 is 24.7 Å². The Morgan fingerprint density at radius 2 is 1.40 bits per heavy atom. The van der Waals surface area contributed by atoms with Crippen molar-refractivity contribution in [3.63, 3.8) is 0 Å². The summed E-state index contributed by atoms with van der Waals surface area (Å²) in [6.07, 6.45) is 3.01. The molecule has 0 aliphatic heterocycles. The van der Waals surface area contributed by atoms with E-state index in [0.717, 1.165) is 27.6 Å². The lowest BCUT2D eigenvalue weighted by Gasteiger charge is -2.31. The summed E-state index contributed by atoms with van der Waals surface area (Å²) in [4.78, 5) is 30.1. The number of carbonyl (C=O) groups is 2. The van der Waals surface area contributed by atoms with Crippen molar-refractivity contribution in [1.82, 2.24) is 20.9 Å². The summed E-state index contributed by atoms with van der Waals surface area (Å²) in [5.74, 6) is -1.29. The molecule has 0 aliphatic rings. The fourth-order valence-corrected chi connectivity index (χ4v) is 7.16. The van der Waals surface area contributed by atoms with Crippen LogP contribution in [0.1, 0.15) is 50.3 Å². The average molecular weight is 633 g/mol. The molecule has 0 saturated heterocycles. The number of amides is 2. The molecule has 240 valence electrons. The van der Waals surface area contributed by atoms with Gasteiger partial charge in [0, 0.05) is 30.6 Å². The van der Waals surface area contributed by atoms with E-state index in [1.807, 2.05) is 112 Å². The summed E-state index contributed by atoms with van der Waals surface area (Å²) in [5, 5.41) is 9.99. The van der Waals surface area contributed by atoms with E-state index in [0.29, 0.717) is 19.3 Å². The fourth-order valence-electron chi connectivity index (χ4n) is 5.26. The Bertz CT molecular complexity index is 1510. The summed E-state index contributed by atoms with van der Waals surface area (Å²) in [6.45, 7) is 6.10. The van der Waals surface area contributed by atoms with Crippen molar-refractivity contribution in [3.05, 3.63) is 108 Å². The van der Waals surface area contributed by atoms with Gasteiger partial charge in [0.2, 0.25) is 11.8 Å². The minimum atomic E-state index is -3.80. The molecule has 2 amide bonds. The van der Waals surface area contributed by atoms with Crippen molar-refractivity contribution < 1.29 is 23.2 Å². The highest BCUT2D eigenvalue weighted by molar-refractivity contribution is 7.54. The third-order valence-electron chi connectivity index (χ3n) is 7.67. The van der Waals surface area contributed by atoms with Crippen LogP contribution in [0.15, 0.2) is 91.1 Å². The number of aromatic amines is 1. The fraction of sp³-hybridized carbons (Fsp3) is 0.371. The molecule has 1 heterocycles. The maximum atomic E-state index is 14.5. The van der Waals surface area contributed by atoms with Crippen molar-refractivity contribution in [2.45, 2.75) is 71.1 Å². The first-order valence-corrected chi connectivity index (χ1v) is 17.1. The Balaban J connectivity index is 1.55. The maximum Gasteiger partial charge on any atom is 0.348 e. The zero-order chi connectivity index (χ0) is 32.2. The molecule has 9 nitrogen and oxygen atoms in total. The smallest absolute Gasteiger partial charge is 0.348 e. The van der Waals surface area contributed by atoms with E-state index in [-0.39, 0.29) is 30.9 Å². The third kappa shape index (κ3) is 9.62. The highest BCUT2D eigenvalue weighted by Gasteiger charge is 2.38. The Morgan fingerprint density at radius 1 is 0.822 bits per heavy atom. The van der Waals surface area contributed by atoms with Crippen molar-refractivity contribution in [1.29, 1.82) is 0 Å². The quantitative estimate of drug-likeness (QED) is 0.101. The van der Waals surface area contributed by atoms with E-state index in [1.165, 1.54) is 0 Å². The van der Waals surface area contributed by atoms with Crippen LogP contribution in [0.25, 0.3) is 10.9 Å². The van der Waals surface area contributed by atoms with Crippen LogP contribution in [-0.4, -0.2) is 41.7 Å². The normalized spacial score (nSPS) is 13.8. The molecule has 0 radical (unpaired) electrons. The van der Waals surface area contributed by atoms with Gasteiger partial charge >= 0.3 is 7.60 Å². The van der Waals surface area contributed by atoms with Crippen molar-refractivity contribution in [3.8, 4) is 0 Å². The number of benzene rings is 3. The van der Waals surface area contributed by atoms with Crippen molar-refractivity contribution in [2.24, 2.45) is 5.92 Å². The van der Waals surface area contributed by atoms with Crippen LogP contribution in [0, 0.1) is 5.92 Å². The van der Waals surface area contributed by atoms with E-state index >= 15 is 0 Å².